The van der Waals surface area contributed by atoms with Crippen LogP contribution in [0.2, 0.25) is 0 Å². The quantitative estimate of drug-likeness (QED) is 0.810. The van der Waals surface area contributed by atoms with Gasteiger partial charge in [-0.25, -0.2) is 0 Å². The van der Waals surface area contributed by atoms with Crippen LogP contribution in [0, 0.1) is 0 Å². The lowest BCUT2D eigenvalue weighted by Gasteiger charge is -2.27. The lowest BCUT2D eigenvalue weighted by molar-refractivity contribution is 0.0773. The van der Waals surface area contributed by atoms with Gasteiger partial charge in [0.25, 0.3) is 5.91 Å². The fraction of sp³-hybridized carbons (Fsp3) is 0.417. The van der Waals surface area contributed by atoms with Gasteiger partial charge < -0.3 is 15.4 Å². The van der Waals surface area contributed by atoms with E-state index in [9.17, 15) is 4.79 Å². The molecule has 2 rings (SSSR count). The number of amides is 1. The molecule has 5 heteroatoms. The maximum absolute atomic E-state index is 12.3. The Morgan fingerprint density at radius 3 is 2.76 bits per heavy atom. The number of rotatable bonds is 2. The summed E-state index contributed by atoms with van der Waals surface area (Å²) in [5.74, 6) is 2.65. The number of hydrogen-bond acceptors (Lipinski definition) is 4. The van der Waals surface area contributed by atoms with Gasteiger partial charge in [0.05, 0.1) is 12.7 Å². The molecule has 1 fully saturated rings. The predicted molar refractivity (Wildman–Crippen MR) is 70.6 cm³/mol. The van der Waals surface area contributed by atoms with Gasteiger partial charge in [-0.15, -0.1) is 0 Å². The number of thioether (sulfide) groups is 1. The molecule has 0 atom stereocenters. The second-order valence-electron chi connectivity index (χ2n) is 3.86. The number of anilines is 1. The topological polar surface area (TPSA) is 55.6 Å². The molecular formula is C12H16N2O2S. The molecule has 1 saturated heterocycles. The van der Waals surface area contributed by atoms with Gasteiger partial charge in [-0.2, -0.15) is 11.8 Å². The molecule has 0 spiro atoms. The summed E-state index contributed by atoms with van der Waals surface area (Å²) in [4.78, 5) is 14.1. The van der Waals surface area contributed by atoms with E-state index in [1.54, 1.807) is 25.3 Å². The number of hydrogen-bond donors (Lipinski definition) is 1. The van der Waals surface area contributed by atoms with E-state index in [1.807, 2.05) is 16.7 Å². The van der Waals surface area contributed by atoms with Gasteiger partial charge >= 0.3 is 0 Å². The molecule has 1 aromatic rings. The number of methoxy groups -OCH3 is 1. The Bertz CT molecular complexity index is 417. The fourth-order valence-electron chi connectivity index (χ4n) is 1.78. The van der Waals surface area contributed by atoms with Crippen molar-refractivity contribution in [1.82, 2.24) is 4.90 Å². The molecule has 1 aliphatic rings. The second kappa shape index (κ2) is 5.31. The van der Waals surface area contributed by atoms with Crippen LogP contribution in [-0.2, 0) is 0 Å². The highest BCUT2D eigenvalue weighted by atomic mass is 32.2. The number of carbonyl (C=O) groups excluding carboxylic acids is 1. The molecule has 1 aromatic carbocycles. The van der Waals surface area contributed by atoms with Crippen LogP contribution in [0.1, 0.15) is 10.4 Å². The lowest BCUT2D eigenvalue weighted by atomic mass is 10.1. The van der Waals surface area contributed by atoms with Gasteiger partial charge in [0, 0.05) is 30.3 Å². The monoisotopic (exact) mass is 252 g/mol. The Morgan fingerprint density at radius 1 is 1.41 bits per heavy atom. The van der Waals surface area contributed by atoms with E-state index in [1.165, 1.54) is 0 Å². The van der Waals surface area contributed by atoms with Crippen molar-refractivity contribution in [2.45, 2.75) is 0 Å². The Hall–Kier alpha value is -1.36. The van der Waals surface area contributed by atoms with Crippen LogP contribution in [-0.4, -0.2) is 42.5 Å². The average Bonchev–Trinajstić information content (AvgIpc) is 2.39. The van der Waals surface area contributed by atoms with Crippen LogP contribution < -0.4 is 10.5 Å². The van der Waals surface area contributed by atoms with Crippen molar-refractivity contribution in [3.63, 3.8) is 0 Å². The first-order valence-corrected chi connectivity index (χ1v) is 6.68. The summed E-state index contributed by atoms with van der Waals surface area (Å²) < 4.78 is 5.12. The van der Waals surface area contributed by atoms with Crippen molar-refractivity contribution < 1.29 is 9.53 Å². The second-order valence-corrected chi connectivity index (χ2v) is 5.08. The molecule has 0 aliphatic carbocycles. The zero-order valence-corrected chi connectivity index (χ0v) is 10.6. The lowest BCUT2D eigenvalue weighted by Crippen LogP contribution is -2.38. The first kappa shape index (κ1) is 12.1. The van der Waals surface area contributed by atoms with Crippen molar-refractivity contribution in [1.29, 1.82) is 0 Å². The zero-order chi connectivity index (χ0) is 12.3. The Morgan fingerprint density at radius 2 is 2.12 bits per heavy atom. The number of carbonyl (C=O) groups is 1. The molecule has 0 radical (unpaired) electrons. The van der Waals surface area contributed by atoms with Crippen molar-refractivity contribution >= 4 is 23.4 Å². The van der Waals surface area contributed by atoms with E-state index in [0.717, 1.165) is 24.6 Å². The third kappa shape index (κ3) is 2.66. The summed E-state index contributed by atoms with van der Waals surface area (Å²) in [6, 6.07) is 5.18. The highest BCUT2D eigenvalue weighted by Gasteiger charge is 2.20. The summed E-state index contributed by atoms with van der Waals surface area (Å²) in [5, 5.41) is 0. The molecule has 1 aliphatic heterocycles. The van der Waals surface area contributed by atoms with Crippen molar-refractivity contribution in [3.05, 3.63) is 23.8 Å². The standard InChI is InChI=1S/C12H16N2O2S/c1-16-9-2-3-11(13)10(8-9)12(15)14-4-6-17-7-5-14/h2-3,8H,4-7,13H2,1H3. The first-order valence-electron chi connectivity index (χ1n) is 5.53. The summed E-state index contributed by atoms with van der Waals surface area (Å²) in [6.45, 7) is 1.58. The van der Waals surface area contributed by atoms with E-state index < -0.39 is 0 Å². The molecule has 17 heavy (non-hydrogen) atoms. The number of nitrogens with zero attached hydrogens (tertiary/aromatic N) is 1. The number of ether oxygens (including phenoxy) is 1. The molecule has 92 valence electrons. The zero-order valence-electron chi connectivity index (χ0n) is 9.81. The maximum Gasteiger partial charge on any atom is 0.256 e. The number of nitrogens with two attached hydrogens (primary N) is 1. The summed E-state index contributed by atoms with van der Waals surface area (Å²) >= 11 is 1.87. The van der Waals surface area contributed by atoms with E-state index in [4.69, 9.17) is 10.5 Å². The van der Waals surface area contributed by atoms with Crippen molar-refractivity contribution in [2.24, 2.45) is 0 Å². The van der Waals surface area contributed by atoms with Gasteiger partial charge in [0.2, 0.25) is 0 Å². The van der Waals surface area contributed by atoms with Gasteiger partial charge in [-0.3, -0.25) is 4.79 Å². The molecule has 1 amide bonds. The highest BCUT2D eigenvalue weighted by molar-refractivity contribution is 7.99. The number of benzene rings is 1. The minimum Gasteiger partial charge on any atom is -0.497 e. The van der Waals surface area contributed by atoms with Crippen LogP contribution in [0.4, 0.5) is 5.69 Å². The van der Waals surface area contributed by atoms with Crippen LogP contribution >= 0.6 is 11.8 Å². The Balaban J connectivity index is 2.22. The third-order valence-corrected chi connectivity index (χ3v) is 3.73. The molecule has 1 heterocycles. The third-order valence-electron chi connectivity index (χ3n) is 2.79. The SMILES string of the molecule is COc1ccc(N)c(C(=O)N2CCSCC2)c1. The molecular weight excluding hydrogens is 236 g/mol. The minimum absolute atomic E-state index is 0.00157. The van der Waals surface area contributed by atoms with Gasteiger partial charge in [0.15, 0.2) is 0 Å². The largest absolute Gasteiger partial charge is 0.497 e. The van der Waals surface area contributed by atoms with Gasteiger partial charge in [-0.05, 0) is 18.2 Å². The van der Waals surface area contributed by atoms with Gasteiger partial charge in [-0.1, -0.05) is 0 Å². The molecule has 0 saturated carbocycles. The Labute approximate surface area is 105 Å². The molecule has 0 aromatic heterocycles. The predicted octanol–water partition coefficient (Wildman–Crippen LogP) is 1.47. The van der Waals surface area contributed by atoms with Gasteiger partial charge in [0.1, 0.15) is 5.75 Å². The molecule has 2 N–H and O–H groups in total. The smallest absolute Gasteiger partial charge is 0.256 e. The maximum atomic E-state index is 12.3. The summed E-state index contributed by atoms with van der Waals surface area (Å²) in [6.07, 6.45) is 0. The fourth-order valence-corrected chi connectivity index (χ4v) is 2.69. The van der Waals surface area contributed by atoms with Crippen molar-refractivity contribution in [3.8, 4) is 5.75 Å². The van der Waals surface area contributed by atoms with Crippen LogP contribution in [0.3, 0.4) is 0 Å². The van der Waals surface area contributed by atoms with Crippen LogP contribution in [0.15, 0.2) is 18.2 Å². The minimum atomic E-state index is 0.00157. The molecule has 0 unspecified atom stereocenters. The molecule has 0 bridgehead atoms. The van der Waals surface area contributed by atoms with E-state index in [2.05, 4.69) is 0 Å². The average molecular weight is 252 g/mol. The van der Waals surface area contributed by atoms with Crippen LogP contribution in [0.5, 0.6) is 5.75 Å². The van der Waals surface area contributed by atoms with Crippen molar-refractivity contribution in [2.75, 3.05) is 37.4 Å². The highest BCUT2D eigenvalue weighted by Crippen LogP contribution is 2.22. The van der Waals surface area contributed by atoms with E-state index in [0.29, 0.717) is 17.0 Å². The van der Waals surface area contributed by atoms with E-state index in [-0.39, 0.29) is 5.91 Å². The Kier molecular flexibility index (Phi) is 3.78. The first-order chi connectivity index (χ1) is 8.22. The summed E-state index contributed by atoms with van der Waals surface area (Å²) in [7, 11) is 1.58. The molecule has 4 nitrogen and oxygen atoms in total. The van der Waals surface area contributed by atoms with E-state index >= 15 is 0 Å². The summed E-state index contributed by atoms with van der Waals surface area (Å²) in [5.41, 5.74) is 6.89. The van der Waals surface area contributed by atoms with Crippen LogP contribution in [0.25, 0.3) is 0 Å². The normalized spacial score (nSPS) is 15.7. The number of nitrogen functional groups attached to an aromatic ring is 1.